The maximum atomic E-state index is 12.0. The molecule has 2 spiro atoms. The van der Waals surface area contributed by atoms with Gasteiger partial charge in [0.2, 0.25) is 0 Å². The molecule has 0 amide bonds. The first kappa shape index (κ1) is 49.1. The maximum Gasteiger partial charge on any atom is 0.308 e. The minimum Gasteiger partial charge on any atom is -0.490 e. The van der Waals surface area contributed by atoms with Gasteiger partial charge in [-0.25, -0.2) is 0 Å². The maximum absolute atomic E-state index is 12.0. The van der Waals surface area contributed by atoms with Crippen molar-refractivity contribution in [2.45, 2.75) is 179 Å². The number of aliphatic carboxylic acids is 1. The van der Waals surface area contributed by atoms with E-state index in [1.54, 1.807) is 0 Å². The summed E-state index contributed by atoms with van der Waals surface area (Å²) in [7, 11) is 1.52. The van der Waals surface area contributed by atoms with E-state index in [0.717, 1.165) is 88.8 Å². The smallest absolute Gasteiger partial charge is 0.308 e. The van der Waals surface area contributed by atoms with Crippen molar-refractivity contribution in [1.82, 2.24) is 9.80 Å². The monoisotopic (exact) mass is 965 g/mol. The number of likely N-dealkylation sites (tertiary alicyclic amines) is 2. The molecule has 8 aliphatic rings. The Labute approximate surface area is 424 Å². The van der Waals surface area contributed by atoms with Crippen molar-refractivity contribution >= 4 is 33.5 Å². The second-order valence-electron chi connectivity index (χ2n) is 24.8. The number of carboxylic acid groups (broad SMARTS) is 1. The van der Waals surface area contributed by atoms with Crippen LogP contribution >= 0.6 is 0 Å². The summed E-state index contributed by atoms with van der Waals surface area (Å²) in [5.41, 5.74) is 4.08. The van der Waals surface area contributed by atoms with Crippen molar-refractivity contribution in [2.24, 2.45) is 46.3 Å². The lowest BCUT2D eigenvalue weighted by Crippen LogP contribution is -2.50. The molecule has 1 N–H and O–H groups in total. The molecule has 0 radical (unpaired) electrons. The Morgan fingerprint density at radius 2 is 0.901 bits per heavy atom. The van der Waals surface area contributed by atoms with Crippen molar-refractivity contribution < 1.29 is 28.9 Å². The third kappa shape index (κ3) is 11.6. The van der Waals surface area contributed by atoms with Crippen molar-refractivity contribution in [2.75, 3.05) is 33.3 Å². The topological polar surface area (TPSA) is 88.5 Å². The molecule has 382 valence electrons. The summed E-state index contributed by atoms with van der Waals surface area (Å²) in [5.74, 6) is 4.18. The highest BCUT2D eigenvalue weighted by Crippen LogP contribution is 2.51. The number of nitrogens with zero attached hydrogens (tertiary/aromatic N) is 2. The van der Waals surface area contributed by atoms with Gasteiger partial charge in [-0.15, -0.1) is 0 Å². The third-order valence-electron chi connectivity index (χ3n) is 20.1. The van der Waals surface area contributed by atoms with Gasteiger partial charge in [-0.05, 0) is 206 Å². The molecule has 6 aliphatic carbocycles. The molecule has 2 heterocycles. The van der Waals surface area contributed by atoms with Crippen LogP contribution < -0.4 is 9.47 Å². The number of hydrogen-bond acceptors (Lipinski definition) is 7. The van der Waals surface area contributed by atoms with E-state index in [0.29, 0.717) is 40.8 Å². The lowest BCUT2D eigenvalue weighted by Gasteiger charge is -2.45. The fraction of sp³-hybridized carbons (Fsp3) is 0.651. The second-order valence-corrected chi connectivity index (χ2v) is 24.8. The molecule has 12 rings (SSSR count). The number of fused-ring (bicyclic) bond motifs is 2. The Kier molecular flexibility index (Phi) is 15.0. The minimum absolute atomic E-state index is 0.00296. The number of carbonyl (C=O) groups is 2. The van der Waals surface area contributed by atoms with E-state index in [4.69, 9.17) is 14.2 Å². The molecule has 4 aromatic carbocycles. The van der Waals surface area contributed by atoms with Gasteiger partial charge in [0.15, 0.2) is 0 Å². The Balaban J connectivity index is 0.000000154. The lowest BCUT2D eigenvalue weighted by molar-refractivity contribution is -0.148. The van der Waals surface area contributed by atoms with Gasteiger partial charge in [0.05, 0.1) is 31.2 Å². The van der Waals surface area contributed by atoms with Crippen LogP contribution in [0.2, 0.25) is 0 Å². The molecule has 0 aromatic heterocycles. The molecular weight excluding hydrogens is 881 g/mol. The van der Waals surface area contributed by atoms with Gasteiger partial charge in [-0.2, -0.15) is 0 Å². The van der Waals surface area contributed by atoms with Crippen LogP contribution in [0, 0.1) is 46.3 Å². The number of hydrogen-bond donors (Lipinski definition) is 1. The molecule has 8 heteroatoms. The van der Waals surface area contributed by atoms with Crippen LogP contribution in [0.25, 0.3) is 21.5 Å². The van der Waals surface area contributed by atoms with Crippen LogP contribution in [0.3, 0.4) is 0 Å². The Bertz CT molecular complexity index is 2440. The lowest BCUT2D eigenvalue weighted by atomic mass is 9.72. The first-order chi connectivity index (χ1) is 34.6. The van der Waals surface area contributed by atoms with E-state index in [9.17, 15) is 14.7 Å². The molecule has 71 heavy (non-hydrogen) atoms. The minimum atomic E-state index is -0.591. The highest BCUT2D eigenvalue weighted by Gasteiger charge is 2.41. The van der Waals surface area contributed by atoms with E-state index in [-0.39, 0.29) is 17.8 Å². The quantitative estimate of drug-likeness (QED) is 0.141. The zero-order valence-electron chi connectivity index (χ0n) is 43.1. The molecule has 2 aliphatic heterocycles. The first-order valence-corrected chi connectivity index (χ1v) is 28.8. The number of esters is 1. The van der Waals surface area contributed by atoms with Crippen molar-refractivity contribution in [3.63, 3.8) is 0 Å². The van der Waals surface area contributed by atoms with E-state index in [1.165, 1.54) is 162 Å². The van der Waals surface area contributed by atoms with Crippen LogP contribution in [0.5, 0.6) is 11.5 Å². The summed E-state index contributed by atoms with van der Waals surface area (Å²) >= 11 is 0. The average Bonchev–Trinajstić information content (AvgIpc) is 4.04. The number of rotatable bonds is 12. The molecule has 2 saturated heterocycles. The van der Waals surface area contributed by atoms with E-state index in [1.807, 2.05) is 0 Å². The molecule has 6 saturated carbocycles. The highest BCUT2D eigenvalue weighted by molar-refractivity contribution is 5.85. The van der Waals surface area contributed by atoms with Gasteiger partial charge in [-0.1, -0.05) is 87.8 Å². The van der Waals surface area contributed by atoms with Crippen LogP contribution in [0.1, 0.15) is 165 Å². The number of ether oxygens (including phenoxy) is 3. The molecule has 4 unspecified atom stereocenters. The molecule has 4 aromatic rings. The number of benzene rings is 4. The van der Waals surface area contributed by atoms with Gasteiger partial charge in [0, 0.05) is 39.3 Å². The zero-order valence-corrected chi connectivity index (χ0v) is 43.1. The summed E-state index contributed by atoms with van der Waals surface area (Å²) < 4.78 is 17.9. The number of methoxy groups -OCH3 is 1. The van der Waals surface area contributed by atoms with Gasteiger partial charge < -0.3 is 19.3 Å². The zero-order chi connectivity index (χ0) is 48.4. The van der Waals surface area contributed by atoms with Crippen LogP contribution in [-0.2, 0) is 27.4 Å². The van der Waals surface area contributed by atoms with Crippen molar-refractivity contribution in [1.29, 1.82) is 0 Å². The summed E-state index contributed by atoms with van der Waals surface area (Å²) in [6.45, 7) is 6.55. The predicted molar refractivity (Wildman–Crippen MR) is 284 cm³/mol. The van der Waals surface area contributed by atoms with Crippen molar-refractivity contribution in [3.8, 4) is 11.5 Å². The van der Waals surface area contributed by atoms with E-state index >= 15 is 0 Å². The standard InChI is InChI=1S/C32H43NO3.C31H41NO3/c1-35-31(34)27-6-4-5-24(18-27)28-21-33(22-28)20-23-7-8-26-19-30(10-9-25(26)17-23)36-29-11-15-32(16-12-29)13-2-3-14-32;33-30(34)26-5-3-4-23(17-26)27-20-32(21-27)19-22-6-7-25-18-29(9-8-24(25)16-22)35-28-10-14-31(15-11-28)12-1-2-13-31/h7-10,17,19,24,27-29H,2-6,11-16,18,20-22H2,1H3;6-9,16,18,23,26-28H,1-5,10-15,17,19-21H2,(H,33,34). The average molecular weight is 965 g/mol. The normalized spacial score (nSPS) is 28.3. The van der Waals surface area contributed by atoms with Gasteiger partial charge in [0.1, 0.15) is 11.5 Å². The van der Waals surface area contributed by atoms with E-state index < -0.39 is 5.97 Å². The highest BCUT2D eigenvalue weighted by atomic mass is 16.5. The van der Waals surface area contributed by atoms with Crippen LogP contribution in [0.4, 0.5) is 0 Å². The fourth-order valence-corrected chi connectivity index (χ4v) is 15.7. The number of carboxylic acids is 1. The Morgan fingerprint density at radius 1 is 0.493 bits per heavy atom. The Hall–Kier alpha value is -4.14. The molecule has 8 nitrogen and oxygen atoms in total. The van der Waals surface area contributed by atoms with Gasteiger partial charge in [-0.3, -0.25) is 19.4 Å². The molecular formula is C63H84N2O6. The van der Waals surface area contributed by atoms with Crippen molar-refractivity contribution in [3.05, 3.63) is 83.9 Å². The summed E-state index contributed by atoms with van der Waals surface area (Å²) in [5, 5.41) is 14.5. The summed E-state index contributed by atoms with van der Waals surface area (Å²) in [6, 6.07) is 27.0. The fourth-order valence-electron chi connectivity index (χ4n) is 15.7. The van der Waals surface area contributed by atoms with Crippen LogP contribution in [0.15, 0.2) is 72.8 Å². The van der Waals surface area contributed by atoms with E-state index in [2.05, 4.69) is 82.6 Å². The van der Waals surface area contributed by atoms with Gasteiger partial charge in [0.25, 0.3) is 0 Å². The third-order valence-corrected chi connectivity index (χ3v) is 20.1. The summed E-state index contributed by atoms with van der Waals surface area (Å²) in [4.78, 5) is 28.5. The van der Waals surface area contributed by atoms with Crippen LogP contribution in [-0.4, -0.2) is 72.3 Å². The predicted octanol–water partition coefficient (Wildman–Crippen LogP) is 14.2. The summed E-state index contributed by atoms with van der Waals surface area (Å²) in [6.07, 6.45) is 31.1. The van der Waals surface area contributed by atoms with Gasteiger partial charge >= 0.3 is 11.9 Å². The molecule has 0 bridgehead atoms. The second kappa shape index (κ2) is 21.8. The Morgan fingerprint density at radius 3 is 1.34 bits per heavy atom. The SMILES string of the molecule is COC(=O)C1CCCC(C2CN(Cc3ccc4cc(OC5CCC6(CCCC6)CC5)ccc4c3)C2)C1.O=C(O)C1CCCC(C2CN(Cc3ccc4cc(OC5CCC6(CCCC6)CC5)ccc4c3)C2)C1. The molecule has 4 atom stereocenters. The molecule has 8 fully saturated rings. The first-order valence-electron chi connectivity index (χ1n) is 28.8. The number of carbonyl (C=O) groups excluding carboxylic acids is 1. The largest absolute Gasteiger partial charge is 0.490 e.